The first-order chi connectivity index (χ1) is 13.9. The summed E-state index contributed by atoms with van der Waals surface area (Å²) in [5.41, 5.74) is 2.62. The first kappa shape index (κ1) is 20.1. The molecule has 1 saturated heterocycles. The van der Waals surface area contributed by atoms with Gasteiger partial charge >= 0.3 is 0 Å². The van der Waals surface area contributed by atoms with Crippen molar-refractivity contribution in [3.8, 4) is 0 Å². The number of amides is 2. The highest BCUT2D eigenvalue weighted by Gasteiger charge is 2.35. The Balaban J connectivity index is 1.51. The van der Waals surface area contributed by atoms with Crippen LogP contribution in [0.3, 0.4) is 0 Å². The molecule has 2 heterocycles. The molecule has 0 bridgehead atoms. The Morgan fingerprint density at radius 3 is 2.52 bits per heavy atom. The Bertz CT molecular complexity index is 895. The Labute approximate surface area is 176 Å². The molecule has 4 rings (SSSR count). The third kappa shape index (κ3) is 4.37. The molecule has 1 fully saturated rings. The van der Waals surface area contributed by atoms with Gasteiger partial charge in [0.05, 0.1) is 11.6 Å². The maximum atomic E-state index is 13.3. The SMILES string of the molecule is Cc1ccc(C(=O)Nc2nc3c(s2)CCCC3C(=O)N2CC(C)CC(C)C2)cc1. The molecule has 3 atom stereocenters. The van der Waals surface area contributed by atoms with Crippen molar-refractivity contribution in [1.82, 2.24) is 9.88 Å². The smallest absolute Gasteiger partial charge is 0.257 e. The first-order valence-corrected chi connectivity index (χ1v) is 11.4. The fourth-order valence-corrected chi connectivity index (χ4v) is 5.71. The normalized spacial score (nSPS) is 24.1. The molecule has 5 nitrogen and oxygen atoms in total. The molecule has 1 aliphatic carbocycles. The average molecular weight is 412 g/mol. The second kappa shape index (κ2) is 8.27. The molecule has 0 spiro atoms. The van der Waals surface area contributed by atoms with Gasteiger partial charge in [0, 0.05) is 23.5 Å². The van der Waals surface area contributed by atoms with Crippen molar-refractivity contribution in [3.05, 3.63) is 46.0 Å². The van der Waals surface area contributed by atoms with E-state index in [0.717, 1.165) is 48.5 Å². The lowest BCUT2D eigenvalue weighted by Gasteiger charge is -2.37. The van der Waals surface area contributed by atoms with Crippen LogP contribution >= 0.6 is 11.3 Å². The van der Waals surface area contributed by atoms with Crippen LogP contribution in [0.2, 0.25) is 0 Å². The van der Waals surface area contributed by atoms with E-state index >= 15 is 0 Å². The van der Waals surface area contributed by atoms with Crippen LogP contribution in [0, 0.1) is 18.8 Å². The lowest BCUT2D eigenvalue weighted by atomic mass is 9.87. The molecule has 2 amide bonds. The number of piperidine rings is 1. The molecule has 29 heavy (non-hydrogen) atoms. The Morgan fingerprint density at radius 1 is 1.14 bits per heavy atom. The number of aryl methyl sites for hydroxylation is 2. The monoisotopic (exact) mass is 411 g/mol. The van der Waals surface area contributed by atoms with Gasteiger partial charge < -0.3 is 4.90 Å². The summed E-state index contributed by atoms with van der Waals surface area (Å²) in [6, 6.07) is 7.50. The van der Waals surface area contributed by atoms with E-state index in [0.29, 0.717) is 22.5 Å². The molecule has 1 N–H and O–H groups in total. The van der Waals surface area contributed by atoms with Gasteiger partial charge in [0.2, 0.25) is 5.91 Å². The van der Waals surface area contributed by atoms with E-state index in [2.05, 4.69) is 19.2 Å². The zero-order valence-electron chi connectivity index (χ0n) is 17.4. The topological polar surface area (TPSA) is 62.3 Å². The second-order valence-corrected chi connectivity index (χ2v) is 9.87. The molecule has 0 saturated carbocycles. The zero-order valence-corrected chi connectivity index (χ0v) is 18.2. The number of aromatic nitrogens is 1. The van der Waals surface area contributed by atoms with Gasteiger partial charge in [-0.25, -0.2) is 4.98 Å². The summed E-state index contributed by atoms with van der Waals surface area (Å²) in [5.74, 6) is 0.984. The Hall–Kier alpha value is -2.21. The number of nitrogens with zero attached hydrogens (tertiary/aromatic N) is 2. The van der Waals surface area contributed by atoms with Crippen LogP contribution < -0.4 is 5.32 Å². The number of anilines is 1. The molecule has 1 aliphatic heterocycles. The number of thiazole rings is 1. The fourth-order valence-electron chi connectivity index (χ4n) is 4.65. The summed E-state index contributed by atoms with van der Waals surface area (Å²) in [4.78, 5) is 33.7. The molecule has 154 valence electrons. The van der Waals surface area contributed by atoms with E-state index in [4.69, 9.17) is 4.98 Å². The molecule has 3 unspecified atom stereocenters. The molecular formula is C23H29N3O2S. The lowest BCUT2D eigenvalue weighted by Crippen LogP contribution is -2.45. The van der Waals surface area contributed by atoms with Crippen molar-refractivity contribution in [3.63, 3.8) is 0 Å². The van der Waals surface area contributed by atoms with Crippen molar-refractivity contribution in [2.75, 3.05) is 18.4 Å². The van der Waals surface area contributed by atoms with Crippen molar-refractivity contribution >= 4 is 28.3 Å². The van der Waals surface area contributed by atoms with Crippen LogP contribution in [-0.2, 0) is 11.2 Å². The third-order valence-corrected chi connectivity index (χ3v) is 7.01. The minimum absolute atomic E-state index is 0.155. The van der Waals surface area contributed by atoms with E-state index in [1.807, 2.05) is 36.1 Å². The van der Waals surface area contributed by atoms with E-state index in [1.54, 1.807) is 0 Å². The molecule has 2 aromatic rings. The maximum Gasteiger partial charge on any atom is 0.257 e. The van der Waals surface area contributed by atoms with Crippen molar-refractivity contribution in [2.45, 2.75) is 52.4 Å². The van der Waals surface area contributed by atoms with Crippen LogP contribution in [0.25, 0.3) is 0 Å². The van der Waals surface area contributed by atoms with Gasteiger partial charge in [-0.15, -0.1) is 11.3 Å². The highest BCUT2D eigenvalue weighted by molar-refractivity contribution is 7.16. The summed E-state index contributed by atoms with van der Waals surface area (Å²) < 4.78 is 0. The number of carbonyl (C=O) groups excluding carboxylic acids is 2. The number of hydrogen-bond acceptors (Lipinski definition) is 4. The molecule has 1 aromatic carbocycles. The number of hydrogen-bond donors (Lipinski definition) is 1. The van der Waals surface area contributed by atoms with Crippen LogP contribution in [0.5, 0.6) is 0 Å². The van der Waals surface area contributed by atoms with Crippen molar-refractivity contribution < 1.29 is 9.59 Å². The summed E-state index contributed by atoms with van der Waals surface area (Å²) in [7, 11) is 0. The van der Waals surface area contributed by atoms with Crippen LogP contribution in [0.4, 0.5) is 5.13 Å². The maximum absolute atomic E-state index is 13.3. The van der Waals surface area contributed by atoms with Crippen LogP contribution in [0.15, 0.2) is 24.3 Å². The van der Waals surface area contributed by atoms with Crippen LogP contribution in [-0.4, -0.2) is 34.8 Å². The number of fused-ring (bicyclic) bond motifs is 1. The molecule has 2 aliphatic rings. The van der Waals surface area contributed by atoms with E-state index < -0.39 is 0 Å². The summed E-state index contributed by atoms with van der Waals surface area (Å²) in [6.07, 6.45) is 3.96. The van der Waals surface area contributed by atoms with Crippen LogP contribution in [0.1, 0.15) is 65.5 Å². The number of likely N-dealkylation sites (tertiary alicyclic amines) is 1. The Kier molecular flexibility index (Phi) is 5.72. The van der Waals surface area contributed by atoms with Crippen molar-refractivity contribution in [2.24, 2.45) is 11.8 Å². The molecular weight excluding hydrogens is 382 g/mol. The van der Waals surface area contributed by atoms with E-state index in [9.17, 15) is 9.59 Å². The predicted molar refractivity (Wildman–Crippen MR) is 116 cm³/mol. The molecule has 6 heteroatoms. The van der Waals surface area contributed by atoms with Gasteiger partial charge in [0.25, 0.3) is 5.91 Å². The minimum Gasteiger partial charge on any atom is -0.342 e. The van der Waals surface area contributed by atoms with Gasteiger partial charge in [-0.3, -0.25) is 14.9 Å². The number of carbonyl (C=O) groups is 2. The number of nitrogens with one attached hydrogen (secondary N) is 1. The van der Waals surface area contributed by atoms with E-state index in [1.165, 1.54) is 17.8 Å². The first-order valence-electron chi connectivity index (χ1n) is 10.6. The number of benzene rings is 1. The zero-order chi connectivity index (χ0) is 20.5. The summed E-state index contributed by atoms with van der Waals surface area (Å²) in [6.45, 7) is 8.14. The van der Waals surface area contributed by atoms with Gasteiger partial charge in [0.15, 0.2) is 5.13 Å². The second-order valence-electron chi connectivity index (χ2n) is 8.78. The van der Waals surface area contributed by atoms with Gasteiger partial charge in [-0.1, -0.05) is 31.5 Å². The summed E-state index contributed by atoms with van der Waals surface area (Å²) in [5, 5.41) is 3.53. The minimum atomic E-state index is -0.169. The lowest BCUT2D eigenvalue weighted by molar-refractivity contribution is -0.136. The van der Waals surface area contributed by atoms with Gasteiger partial charge in [-0.2, -0.15) is 0 Å². The largest absolute Gasteiger partial charge is 0.342 e. The summed E-state index contributed by atoms with van der Waals surface area (Å²) >= 11 is 1.52. The average Bonchev–Trinajstić information content (AvgIpc) is 3.09. The quantitative estimate of drug-likeness (QED) is 0.801. The Morgan fingerprint density at radius 2 is 1.83 bits per heavy atom. The molecule has 0 radical (unpaired) electrons. The predicted octanol–water partition coefficient (Wildman–Crippen LogP) is 4.63. The highest BCUT2D eigenvalue weighted by atomic mass is 32.1. The third-order valence-electron chi connectivity index (χ3n) is 5.97. The van der Waals surface area contributed by atoms with Crippen molar-refractivity contribution in [1.29, 1.82) is 0 Å². The highest BCUT2D eigenvalue weighted by Crippen LogP contribution is 2.38. The standard InChI is InChI=1S/C23H29N3O2S/c1-14-7-9-17(10-8-14)21(27)25-23-24-20-18(5-4-6-19(20)29-23)22(28)26-12-15(2)11-16(3)13-26/h7-10,15-16,18H,4-6,11-13H2,1-3H3,(H,24,25,27). The number of rotatable bonds is 3. The van der Waals surface area contributed by atoms with Gasteiger partial charge in [0.1, 0.15) is 0 Å². The molecule has 1 aromatic heterocycles. The fraction of sp³-hybridized carbons (Fsp3) is 0.522. The van der Waals surface area contributed by atoms with Gasteiger partial charge in [-0.05, 0) is 56.6 Å². The van der Waals surface area contributed by atoms with E-state index in [-0.39, 0.29) is 17.7 Å².